The van der Waals surface area contributed by atoms with Gasteiger partial charge in [0.2, 0.25) is 0 Å². The Morgan fingerprint density at radius 2 is 0.750 bits per heavy atom. The van der Waals surface area contributed by atoms with Crippen molar-refractivity contribution in [2.45, 2.75) is 151 Å². The zero-order valence-electron chi connectivity index (χ0n) is 22.3. The van der Waals surface area contributed by atoms with E-state index in [1.54, 1.807) is 0 Å². The average molecular weight is 535 g/mol. The highest BCUT2D eigenvalue weighted by Crippen LogP contribution is 2.65. The number of hydrogen-bond acceptors (Lipinski definition) is 4. The molecule has 0 saturated heterocycles. The predicted octanol–water partition coefficient (Wildman–Crippen LogP) is 10.3. The van der Waals surface area contributed by atoms with Gasteiger partial charge in [-0.2, -0.15) is 0 Å². The molecule has 0 heterocycles. The molecule has 0 unspecified atom stereocenters. The summed E-state index contributed by atoms with van der Waals surface area (Å²) in [6.45, 7) is 0. The first-order valence-electron chi connectivity index (χ1n) is 15.3. The number of rotatable bonds is 8. The molecule has 5 rings (SSSR count). The normalized spacial score (nSPS) is 24.4. The van der Waals surface area contributed by atoms with Crippen LogP contribution in [0.5, 0.6) is 11.5 Å². The van der Waals surface area contributed by atoms with Crippen molar-refractivity contribution in [2.75, 3.05) is 0 Å². The molecule has 0 spiro atoms. The Morgan fingerprint density at radius 3 is 1.03 bits per heavy atom. The molecule has 0 radical (unpaired) electrons. The highest BCUT2D eigenvalue weighted by Gasteiger charge is 2.45. The minimum atomic E-state index is -2.84. The quantitative estimate of drug-likeness (QED) is 0.311. The SMILES string of the molecule is O=P(Oc1cccc(OP(=O)(C2CCCCC2)C2CCCCC2)c1)(C1CCCCC1)C1CCCCC1. The summed E-state index contributed by atoms with van der Waals surface area (Å²) in [6.07, 6.45) is 22.6. The van der Waals surface area contributed by atoms with Gasteiger partial charge in [-0.15, -0.1) is 0 Å². The van der Waals surface area contributed by atoms with Crippen molar-refractivity contribution >= 4 is 14.7 Å². The van der Waals surface area contributed by atoms with Crippen LogP contribution >= 0.6 is 14.7 Å². The summed E-state index contributed by atoms with van der Waals surface area (Å²) >= 11 is 0. The van der Waals surface area contributed by atoms with Gasteiger partial charge >= 0.3 is 0 Å². The molecule has 0 amide bonds. The van der Waals surface area contributed by atoms with Gasteiger partial charge < -0.3 is 9.05 Å². The second kappa shape index (κ2) is 12.4. The molecule has 4 saturated carbocycles. The third-order valence-electron chi connectivity index (χ3n) is 9.64. The fraction of sp³-hybridized carbons (Fsp3) is 0.800. The second-order valence-corrected chi connectivity index (χ2v) is 18.0. The van der Waals surface area contributed by atoms with Crippen molar-refractivity contribution in [2.24, 2.45) is 0 Å². The number of benzene rings is 1. The van der Waals surface area contributed by atoms with E-state index in [4.69, 9.17) is 9.05 Å². The van der Waals surface area contributed by atoms with E-state index in [9.17, 15) is 9.13 Å². The zero-order valence-corrected chi connectivity index (χ0v) is 24.1. The Kier molecular flexibility index (Phi) is 9.27. The minimum absolute atomic E-state index is 0.189. The van der Waals surface area contributed by atoms with E-state index >= 15 is 0 Å². The Hall–Kier alpha value is -0.720. The van der Waals surface area contributed by atoms with Gasteiger partial charge in [-0.3, -0.25) is 9.13 Å². The van der Waals surface area contributed by atoms with Crippen molar-refractivity contribution in [3.05, 3.63) is 24.3 Å². The molecule has 36 heavy (non-hydrogen) atoms. The van der Waals surface area contributed by atoms with Gasteiger partial charge in [0, 0.05) is 28.7 Å². The molecule has 0 bridgehead atoms. The topological polar surface area (TPSA) is 52.6 Å². The van der Waals surface area contributed by atoms with Gasteiger partial charge in [0.15, 0.2) is 0 Å². The summed E-state index contributed by atoms with van der Waals surface area (Å²) in [4.78, 5) is 0. The summed E-state index contributed by atoms with van der Waals surface area (Å²) in [7, 11) is -5.68. The summed E-state index contributed by atoms with van der Waals surface area (Å²) in [5.74, 6) is 1.32. The van der Waals surface area contributed by atoms with Gasteiger partial charge in [0.05, 0.1) is 0 Å². The van der Waals surface area contributed by atoms with Crippen LogP contribution in [0.3, 0.4) is 0 Å². The monoisotopic (exact) mass is 534 g/mol. The van der Waals surface area contributed by atoms with E-state index in [1.807, 2.05) is 24.3 Å². The largest absolute Gasteiger partial charge is 0.442 e. The maximum absolute atomic E-state index is 14.7. The van der Waals surface area contributed by atoms with E-state index in [-0.39, 0.29) is 22.6 Å². The van der Waals surface area contributed by atoms with E-state index in [0.717, 1.165) is 51.4 Å². The number of hydrogen-bond donors (Lipinski definition) is 0. The van der Waals surface area contributed by atoms with Crippen LogP contribution in [0.15, 0.2) is 24.3 Å². The first-order chi connectivity index (χ1) is 17.6. The molecule has 6 heteroatoms. The minimum Gasteiger partial charge on any atom is -0.442 e. The fourth-order valence-corrected chi connectivity index (χ4v) is 14.6. The molecule has 1 aromatic carbocycles. The highest BCUT2D eigenvalue weighted by molar-refractivity contribution is 7.61. The zero-order chi connectivity index (χ0) is 24.8. The van der Waals surface area contributed by atoms with Gasteiger partial charge in [-0.05, 0) is 63.5 Å². The summed E-state index contributed by atoms with van der Waals surface area (Å²) in [6, 6.07) is 7.74. The second-order valence-electron chi connectivity index (χ2n) is 12.1. The van der Waals surface area contributed by atoms with E-state index in [0.29, 0.717) is 11.5 Å². The van der Waals surface area contributed by atoms with Crippen molar-refractivity contribution in [1.29, 1.82) is 0 Å². The molecule has 4 nitrogen and oxygen atoms in total. The lowest BCUT2D eigenvalue weighted by molar-refractivity contribution is 0.385. The third kappa shape index (κ3) is 6.12. The van der Waals surface area contributed by atoms with Crippen molar-refractivity contribution in [1.82, 2.24) is 0 Å². The Balaban J connectivity index is 1.38. The molecule has 4 aliphatic rings. The third-order valence-corrected chi connectivity index (χ3v) is 16.8. The average Bonchev–Trinajstić information content (AvgIpc) is 2.95. The van der Waals surface area contributed by atoms with Gasteiger partial charge in [0.1, 0.15) is 11.5 Å². The van der Waals surface area contributed by atoms with Crippen LogP contribution in [0.25, 0.3) is 0 Å². The van der Waals surface area contributed by atoms with E-state index < -0.39 is 14.7 Å². The molecule has 202 valence electrons. The first-order valence-corrected chi connectivity index (χ1v) is 18.8. The van der Waals surface area contributed by atoms with Gasteiger partial charge in [-0.25, -0.2) is 0 Å². The summed E-state index contributed by atoms with van der Waals surface area (Å²) in [5.41, 5.74) is 0.757. The van der Waals surface area contributed by atoms with Crippen LogP contribution < -0.4 is 9.05 Å². The molecule has 0 atom stereocenters. The smallest absolute Gasteiger partial charge is 0.253 e. The van der Waals surface area contributed by atoms with E-state index in [1.165, 1.54) is 77.0 Å². The van der Waals surface area contributed by atoms with Crippen LogP contribution in [0.2, 0.25) is 0 Å². The molecule has 1 aromatic rings. The first kappa shape index (κ1) is 26.9. The van der Waals surface area contributed by atoms with Gasteiger partial charge in [0.25, 0.3) is 14.7 Å². The molecule has 0 aromatic heterocycles. The summed E-state index contributed by atoms with van der Waals surface area (Å²) in [5, 5.41) is 0. The molecule has 0 N–H and O–H groups in total. The van der Waals surface area contributed by atoms with Crippen LogP contribution in [-0.4, -0.2) is 22.6 Å². The summed E-state index contributed by atoms with van der Waals surface area (Å²) < 4.78 is 42.6. The van der Waals surface area contributed by atoms with Gasteiger partial charge in [-0.1, -0.05) is 83.1 Å². The maximum Gasteiger partial charge on any atom is 0.253 e. The lowest BCUT2D eigenvalue weighted by atomic mass is 10.00. The maximum atomic E-state index is 14.7. The Labute approximate surface area is 219 Å². The van der Waals surface area contributed by atoms with Crippen LogP contribution in [0.1, 0.15) is 128 Å². The lowest BCUT2D eigenvalue weighted by Crippen LogP contribution is -2.26. The molecule has 0 aliphatic heterocycles. The van der Waals surface area contributed by atoms with Crippen LogP contribution in [0, 0.1) is 0 Å². The van der Waals surface area contributed by atoms with Crippen molar-refractivity contribution in [3.8, 4) is 11.5 Å². The lowest BCUT2D eigenvalue weighted by Gasteiger charge is -2.38. The van der Waals surface area contributed by atoms with Crippen molar-refractivity contribution < 1.29 is 18.2 Å². The van der Waals surface area contributed by atoms with Crippen LogP contribution in [-0.2, 0) is 9.13 Å². The Bertz CT molecular complexity index is 807. The molecule has 4 fully saturated rings. The predicted molar refractivity (Wildman–Crippen MR) is 150 cm³/mol. The molecular weight excluding hydrogens is 486 g/mol. The molecule has 4 aliphatic carbocycles. The van der Waals surface area contributed by atoms with E-state index in [2.05, 4.69) is 0 Å². The van der Waals surface area contributed by atoms with Crippen LogP contribution in [0.4, 0.5) is 0 Å². The molecular formula is C30H48O4P2. The highest BCUT2D eigenvalue weighted by atomic mass is 31.2. The fourth-order valence-electron chi connectivity index (χ4n) is 7.58. The Morgan fingerprint density at radius 1 is 0.472 bits per heavy atom. The standard InChI is InChI=1S/C30H48O4P2/c31-35(27-16-5-1-6-17-27,28-18-7-2-8-19-28)33-25-14-13-15-26(24-25)34-36(32,29-20-9-3-10-21-29)30-22-11-4-12-23-30/h13-15,24,27-30H,1-12,16-23H2. The van der Waals surface area contributed by atoms with Crippen molar-refractivity contribution in [3.63, 3.8) is 0 Å².